The third-order valence-electron chi connectivity index (χ3n) is 6.17. The fourth-order valence-corrected chi connectivity index (χ4v) is 4.51. The van der Waals surface area contributed by atoms with Crippen LogP contribution in [0.2, 0.25) is 0 Å². The number of nitrogens with zero attached hydrogens (tertiary/aromatic N) is 7. The number of aromatic nitrogens is 4. The van der Waals surface area contributed by atoms with Gasteiger partial charge in [0.25, 0.3) is 0 Å². The van der Waals surface area contributed by atoms with Crippen molar-refractivity contribution >= 4 is 29.2 Å². The molecule has 34 heavy (non-hydrogen) atoms. The largest absolute Gasteiger partial charge is 0.372 e. The lowest BCUT2D eigenvalue weighted by Crippen LogP contribution is -2.48. The summed E-state index contributed by atoms with van der Waals surface area (Å²) in [5.74, 6) is 3.25. The zero-order chi connectivity index (χ0) is 23.5. The monoisotopic (exact) mass is 460 g/mol. The van der Waals surface area contributed by atoms with Gasteiger partial charge in [-0.05, 0) is 39.0 Å². The highest BCUT2D eigenvalue weighted by Crippen LogP contribution is 2.26. The first-order valence-corrected chi connectivity index (χ1v) is 11.9. The van der Waals surface area contributed by atoms with Crippen molar-refractivity contribution in [3.8, 4) is 0 Å². The van der Waals surface area contributed by atoms with Crippen LogP contribution in [-0.4, -0.2) is 71.4 Å². The molecule has 178 valence electrons. The first kappa shape index (κ1) is 22.3. The van der Waals surface area contributed by atoms with Gasteiger partial charge >= 0.3 is 0 Å². The van der Waals surface area contributed by atoms with Crippen LogP contribution in [0.5, 0.6) is 0 Å². The van der Waals surface area contributed by atoms with Crippen LogP contribution in [0.4, 0.5) is 29.2 Å². The molecule has 9 heteroatoms. The second-order valence-electron chi connectivity index (χ2n) is 9.09. The Labute approximate surface area is 200 Å². The quantitative estimate of drug-likeness (QED) is 0.617. The van der Waals surface area contributed by atoms with Crippen LogP contribution >= 0.6 is 0 Å². The van der Waals surface area contributed by atoms with Crippen LogP contribution in [0, 0.1) is 6.92 Å². The molecule has 0 aliphatic carbocycles. The molecule has 0 saturated carbocycles. The van der Waals surface area contributed by atoms with E-state index in [-0.39, 0.29) is 12.2 Å². The van der Waals surface area contributed by atoms with Gasteiger partial charge in [-0.2, -0.15) is 9.97 Å². The molecule has 3 aromatic rings. The van der Waals surface area contributed by atoms with Gasteiger partial charge in [0.15, 0.2) is 0 Å². The van der Waals surface area contributed by atoms with E-state index < -0.39 is 0 Å². The minimum Gasteiger partial charge on any atom is -0.372 e. The van der Waals surface area contributed by atoms with Gasteiger partial charge in [0, 0.05) is 63.4 Å². The van der Waals surface area contributed by atoms with Crippen molar-refractivity contribution in [2.24, 2.45) is 0 Å². The van der Waals surface area contributed by atoms with Gasteiger partial charge in [0.2, 0.25) is 11.9 Å². The number of rotatable bonds is 5. The highest BCUT2D eigenvalue weighted by atomic mass is 16.5. The number of ether oxygens (including phenoxy) is 1. The van der Waals surface area contributed by atoms with Crippen LogP contribution < -0.4 is 20.0 Å². The molecule has 5 rings (SSSR count). The van der Waals surface area contributed by atoms with Crippen LogP contribution in [-0.2, 0) is 4.74 Å². The third-order valence-corrected chi connectivity index (χ3v) is 6.17. The van der Waals surface area contributed by atoms with E-state index in [1.165, 1.54) is 5.56 Å². The van der Waals surface area contributed by atoms with Gasteiger partial charge in [0.05, 0.1) is 12.2 Å². The molecule has 1 aromatic carbocycles. The molecule has 2 fully saturated rings. The summed E-state index contributed by atoms with van der Waals surface area (Å²) < 4.78 is 5.93. The Morgan fingerprint density at radius 3 is 2.15 bits per heavy atom. The zero-order valence-corrected chi connectivity index (χ0v) is 20.1. The van der Waals surface area contributed by atoms with E-state index >= 15 is 0 Å². The normalized spacial score (nSPS) is 21.0. The predicted octanol–water partition coefficient (Wildman–Crippen LogP) is 3.26. The summed E-state index contributed by atoms with van der Waals surface area (Å²) in [6, 6.07) is 12.2. The van der Waals surface area contributed by atoms with Crippen molar-refractivity contribution in [3.63, 3.8) is 0 Å². The molecule has 1 N–H and O–H groups in total. The van der Waals surface area contributed by atoms with Crippen LogP contribution in [0.1, 0.15) is 19.4 Å². The number of piperazine rings is 1. The zero-order valence-electron chi connectivity index (χ0n) is 20.1. The van der Waals surface area contributed by atoms with Gasteiger partial charge in [-0.25, -0.2) is 9.97 Å². The molecule has 2 aliphatic rings. The maximum absolute atomic E-state index is 5.93. The number of benzene rings is 1. The molecule has 2 unspecified atom stereocenters. The van der Waals surface area contributed by atoms with Crippen molar-refractivity contribution in [3.05, 3.63) is 54.4 Å². The lowest BCUT2D eigenvalue weighted by Gasteiger charge is -2.37. The van der Waals surface area contributed by atoms with Gasteiger partial charge in [-0.3, -0.25) is 0 Å². The molecule has 2 atom stereocenters. The summed E-state index contributed by atoms with van der Waals surface area (Å²) >= 11 is 0. The molecule has 2 saturated heterocycles. The maximum atomic E-state index is 5.93. The Morgan fingerprint density at radius 1 is 0.824 bits per heavy atom. The van der Waals surface area contributed by atoms with Crippen molar-refractivity contribution in [2.75, 3.05) is 59.3 Å². The van der Waals surface area contributed by atoms with Crippen LogP contribution in [0.3, 0.4) is 0 Å². The maximum Gasteiger partial charge on any atom is 0.229 e. The Hall–Kier alpha value is -3.46. The number of hydrogen-bond acceptors (Lipinski definition) is 9. The van der Waals surface area contributed by atoms with Crippen molar-refractivity contribution in [2.45, 2.75) is 33.0 Å². The van der Waals surface area contributed by atoms with Crippen molar-refractivity contribution < 1.29 is 4.74 Å². The van der Waals surface area contributed by atoms with Gasteiger partial charge in [-0.1, -0.05) is 17.7 Å². The van der Waals surface area contributed by atoms with Crippen LogP contribution in [0.25, 0.3) is 0 Å². The lowest BCUT2D eigenvalue weighted by atomic mass is 10.2. The standard InChI is InChI=1S/C25H32N8O/c1-18-5-7-21(8-6-18)28-22-15-23(30-25(29-22)33-16-19(2)34-20(3)17-33)31-11-13-32(14-12-31)24-26-9-4-10-27-24/h4-10,15,19-20H,11-14,16-17H2,1-3H3,(H,28,29,30). The third kappa shape index (κ3) is 5.20. The topological polar surface area (TPSA) is 82.5 Å². The van der Waals surface area contributed by atoms with Crippen molar-refractivity contribution in [1.82, 2.24) is 19.9 Å². The molecule has 0 amide bonds. The number of aryl methyl sites for hydroxylation is 1. The van der Waals surface area contributed by atoms with Gasteiger partial charge < -0.3 is 24.8 Å². The van der Waals surface area contributed by atoms with Gasteiger partial charge in [-0.15, -0.1) is 0 Å². The number of nitrogens with one attached hydrogen (secondary N) is 1. The first-order valence-electron chi connectivity index (χ1n) is 11.9. The summed E-state index contributed by atoms with van der Waals surface area (Å²) in [6.45, 7) is 11.2. The summed E-state index contributed by atoms with van der Waals surface area (Å²) in [5, 5.41) is 3.48. The molecule has 9 nitrogen and oxygen atoms in total. The summed E-state index contributed by atoms with van der Waals surface area (Å²) in [5.41, 5.74) is 2.24. The Bertz CT molecular complexity index is 1080. The van der Waals surface area contributed by atoms with E-state index in [1.807, 2.05) is 12.1 Å². The van der Waals surface area contributed by atoms with E-state index in [9.17, 15) is 0 Å². The lowest BCUT2D eigenvalue weighted by molar-refractivity contribution is -0.00571. The van der Waals surface area contributed by atoms with Crippen molar-refractivity contribution in [1.29, 1.82) is 0 Å². The number of hydrogen-bond donors (Lipinski definition) is 1. The second-order valence-corrected chi connectivity index (χ2v) is 9.09. The molecule has 4 heterocycles. The number of anilines is 5. The molecule has 2 aromatic heterocycles. The minimum atomic E-state index is 0.138. The smallest absolute Gasteiger partial charge is 0.229 e. The van der Waals surface area contributed by atoms with E-state index in [2.05, 4.69) is 75.0 Å². The van der Waals surface area contributed by atoms with E-state index in [4.69, 9.17) is 14.7 Å². The molecular weight excluding hydrogens is 428 g/mol. The summed E-state index contributed by atoms with van der Waals surface area (Å²) in [6.07, 6.45) is 3.86. The molecule has 0 spiro atoms. The fraction of sp³-hybridized carbons (Fsp3) is 0.440. The van der Waals surface area contributed by atoms with Gasteiger partial charge in [0.1, 0.15) is 11.6 Å². The molecule has 0 radical (unpaired) electrons. The highest BCUT2D eigenvalue weighted by Gasteiger charge is 2.26. The highest BCUT2D eigenvalue weighted by molar-refractivity contribution is 5.62. The molecular formula is C25H32N8O. The fourth-order valence-electron chi connectivity index (χ4n) is 4.51. The Balaban J connectivity index is 1.39. The summed E-state index contributed by atoms with van der Waals surface area (Å²) in [7, 11) is 0. The predicted molar refractivity (Wildman–Crippen MR) is 135 cm³/mol. The SMILES string of the molecule is Cc1ccc(Nc2cc(N3CCN(c4ncccn4)CC3)nc(N3CC(C)OC(C)C3)n2)cc1. The average molecular weight is 461 g/mol. The average Bonchev–Trinajstić information content (AvgIpc) is 2.85. The Morgan fingerprint density at radius 2 is 1.47 bits per heavy atom. The van der Waals surface area contributed by atoms with E-state index in [1.54, 1.807) is 12.4 Å². The van der Waals surface area contributed by atoms with Crippen LogP contribution in [0.15, 0.2) is 48.8 Å². The van der Waals surface area contributed by atoms with E-state index in [0.29, 0.717) is 0 Å². The first-order chi connectivity index (χ1) is 16.5. The summed E-state index contributed by atoms with van der Waals surface area (Å²) in [4.78, 5) is 25.5. The minimum absolute atomic E-state index is 0.138. The Kier molecular flexibility index (Phi) is 6.44. The number of morpholine rings is 1. The second kappa shape index (κ2) is 9.80. The molecule has 2 aliphatic heterocycles. The molecule has 0 bridgehead atoms. The van der Waals surface area contributed by atoms with E-state index in [0.717, 1.165) is 68.5 Å².